The first-order chi connectivity index (χ1) is 6.74. The summed E-state index contributed by atoms with van der Waals surface area (Å²) < 4.78 is 5.47. The molecule has 0 bridgehead atoms. The van der Waals surface area contributed by atoms with Crippen molar-refractivity contribution in [3.05, 3.63) is 28.2 Å². The van der Waals surface area contributed by atoms with Gasteiger partial charge in [0.15, 0.2) is 0 Å². The Balaban J connectivity index is 2.39. The number of benzene rings is 1. The first kappa shape index (κ1) is 12.0. The zero-order valence-corrected chi connectivity index (χ0v) is 10.1. The van der Waals surface area contributed by atoms with E-state index in [2.05, 4.69) is 12.6 Å². The van der Waals surface area contributed by atoms with Crippen LogP contribution in [-0.4, -0.2) is 12.4 Å². The van der Waals surface area contributed by atoms with Crippen molar-refractivity contribution in [1.82, 2.24) is 0 Å². The highest BCUT2D eigenvalue weighted by molar-refractivity contribution is 7.80. The van der Waals surface area contributed by atoms with Gasteiger partial charge in [0, 0.05) is 6.07 Å². The normalized spacial score (nSPS) is 10.2. The summed E-state index contributed by atoms with van der Waals surface area (Å²) in [6, 6.07) is 5.28. The molecule has 78 valence electrons. The average molecular weight is 251 g/mol. The molecule has 0 amide bonds. The van der Waals surface area contributed by atoms with Crippen molar-refractivity contribution in [2.75, 3.05) is 12.4 Å². The summed E-state index contributed by atoms with van der Waals surface area (Å²) in [6.07, 6.45) is 2.06. The van der Waals surface area contributed by atoms with Crippen molar-refractivity contribution >= 4 is 35.8 Å². The molecule has 0 heterocycles. The molecule has 0 aliphatic rings. The molecular weight excluding hydrogens is 239 g/mol. The molecule has 0 aliphatic heterocycles. The molecule has 0 saturated heterocycles. The van der Waals surface area contributed by atoms with Crippen molar-refractivity contribution in [2.24, 2.45) is 0 Å². The minimum atomic E-state index is 0.526. The molecule has 4 heteroatoms. The summed E-state index contributed by atoms with van der Waals surface area (Å²) in [5.41, 5.74) is 0. The molecule has 1 nitrogen and oxygen atoms in total. The molecule has 0 atom stereocenters. The Morgan fingerprint density at radius 3 is 2.57 bits per heavy atom. The molecule has 0 unspecified atom stereocenters. The third kappa shape index (κ3) is 3.99. The zero-order chi connectivity index (χ0) is 10.4. The maximum Gasteiger partial charge on any atom is 0.120 e. The highest BCUT2D eigenvalue weighted by atomic mass is 35.5. The number of halogens is 2. The predicted molar refractivity (Wildman–Crippen MR) is 65.0 cm³/mol. The van der Waals surface area contributed by atoms with Gasteiger partial charge in [-0.1, -0.05) is 23.2 Å². The SMILES string of the molecule is SCCCCOc1ccc(Cl)c(Cl)c1. The van der Waals surface area contributed by atoms with Crippen LogP contribution < -0.4 is 4.74 Å². The van der Waals surface area contributed by atoms with Gasteiger partial charge < -0.3 is 4.74 Å². The summed E-state index contributed by atoms with van der Waals surface area (Å²) >= 11 is 15.7. The van der Waals surface area contributed by atoms with Gasteiger partial charge in [-0.3, -0.25) is 0 Å². The fourth-order valence-electron chi connectivity index (χ4n) is 0.971. The fourth-order valence-corrected chi connectivity index (χ4v) is 1.48. The topological polar surface area (TPSA) is 9.23 Å². The molecule has 0 N–H and O–H groups in total. The Morgan fingerprint density at radius 1 is 1.14 bits per heavy atom. The van der Waals surface area contributed by atoms with E-state index in [9.17, 15) is 0 Å². The maximum atomic E-state index is 5.83. The van der Waals surface area contributed by atoms with E-state index in [0.717, 1.165) is 24.3 Å². The van der Waals surface area contributed by atoms with E-state index >= 15 is 0 Å². The lowest BCUT2D eigenvalue weighted by molar-refractivity contribution is 0.310. The second kappa shape index (κ2) is 6.44. The molecule has 1 rings (SSSR count). The van der Waals surface area contributed by atoms with Crippen molar-refractivity contribution in [3.8, 4) is 5.75 Å². The van der Waals surface area contributed by atoms with E-state index in [1.165, 1.54) is 0 Å². The minimum Gasteiger partial charge on any atom is -0.494 e. The number of ether oxygens (including phenoxy) is 1. The zero-order valence-electron chi connectivity index (χ0n) is 7.67. The maximum absolute atomic E-state index is 5.83. The van der Waals surface area contributed by atoms with E-state index < -0.39 is 0 Å². The van der Waals surface area contributed by atoms with E-state index in [4.69, 9.17) is 27.9 Å². The van der Waals surface area contributed by atoms with Crippen LogP contribution in [0.2, 0.25) is 10.0 Å². The number of unbranched alkanes of at least 4 members (excludes halogenated alkanes) is 1. The van der Waals surface area contributed by atoms with Crippen LogP contribution in [0.4, 0.5) is 0 Å². The van der Waals surface area contributed by atoms with Crippen molar-refractivity contribution in [2.45, 2.75) is 12.8 Å². The Labute approximate surface area is 99.8 Å². The van der Waals surface area contributed by atoms with Gasteiger partial charge in [-0.2, -0.15) is 12.6 Å². The largest absolute Gasteiger partial charge is 0.494 e. The third-order valence-electron chi connectivity index (χ3n) is 1.71. The van der Waals surface area contributed by atoms with E-state index in [1.54, 1.807) is 12.1 Å². The van der Waals surface area contributed by atoms with E-state index in [1.807, 2.05) is 6.07 Å². The fraction of sp³-hybridized carbons (Fsp3) is 0.400. The molecule has 0 radical (unpaired) electrons. The summed E-state index contributed by atoms with van der Waals surface area (Å²) in [5.74, 6) is 1.66. The van der Waals surface area contributed by atoms with Crippen LogP contribution >= 0.6 is 35.8 Å². The van der Waals surface area contributed by atoms with Crippen LogP contribution in [-0.2, 0) is 0 Å². The van der Waals surface area contributed by atoms with Crippen molar-refractivity contribution in [1.29, 1.82) is 0 Å². The van der Waals surface area contributed by atoms with Crippen LogP contribution in [0, 0.1) is 0 Å². The standard InChI is InChI=1S/C10H12Cl2OS/c11-9-4-3-8(7-10(9)12)13-5-1-2-6-14/h3-4,7,14H,1-2,5-6H2. The summed E-state index contributed by atoms with van der Waals surface area (Å²) in [7, 11) is 0. The third-order valence-corrected chi connectivity index (χ3v) is 2.77. The molecule has 0 fully saturated rings. The molecule has 14 heavy (non-hydrogen) atoms. The Hall–Kier alpha value is -0.0500. The first-order valence-electron chi connectivity index (χ1n) is 4.43. The predicted octanol–water partition coefficient (Wildman–Crippen LogP) is 4.08. The smallest absolute Gasteiger partial charge is 0.120 e. The second-order valence-corrected chi connectivity index (χ2v) is 4.12. The van der Waals surface area contributed by atoms with Crippen LogP contribution in [0.5, 0.6) is 5.75 Å². The van der Waals surface area contributed by atoms with Gasteiger partial charge in [0.2, 0.25) is 0 Å². The van der Waals surface area contributed by atoms with Gasteiger partial charge in [0.05, 0.1) is 16.7 Å². The molecule has 0 spiro atoms. The van der Waals surface area contributed by atoms with Crippen LogP contribution in [0.15, 0.2) is 18.2 Å². The Bertz CT molecular complexity index is 291. The minimum absolute atomic E-state index is 0.526. The Kier molecular flexibility index (Phi) is 5.53. The monoisotopic (exact) mass is 250 g/mol. The number of hydrogen-bond acceptors (Lipinski definition) is 2. The lowest BCUT2D eigenvalue weighted by Gasteiger charge is -2.06. The van der Waals surface area contributed by atoms with Gasteiger partial charge in [0.25, 0.3) is 0 Å². The molecule has 1 aromatic carbocycles. The molecule has 0 aliphatic carbocycles. The highest BCUT2D eigenvalue weighted by Gasteiger charge is 1.99. The lowest BCUT2D eigenvalue weighted by atomic mass is 10.3. The highest BCUT2D eigenvalue weighted by Crippen LogP contribution is 2.26. The van der Waals surface area contributed by atoms with Gasteiger partial charge in [0.1, 0.15) is 5.75 Å². The van der Waals surface area contributed by atoms with Crippen molar-refractivity contribution in [3.63, 3.8) is 0 Å². The second-order valence-electron chi connectivity index (χ2n) is 2.86. The summed E-state index contributed by atoms with van der Waals surface area (Å²) in [4.78, 5) is 0. The number of rotatable bonds is 5. The van der Waals surface area contributed by atoms with Crippen LogP contribution in [0.1, 0.15) is 12.8 Å². The average Bonchev–Trinajstić information content (AvgIpc) is 2.18. The van der Waals surface area contributed by atoms with Crippen molar-refractivity contribution < 1.29 is 4.74 Å². The van der Waals surface area contributed by atoms with Gasteiger partial charge in [-0.15, -0.1) is 0 Å². The van der Waals surface area contributed by atoms with Gasteiger partial charge >= 0.3 is 0 Å². The molecule has 0 aromatic heterocycles. The van der Waals surface area contributed by atoms with E-state index in [0.29, 0.717) is 16.7 Å². The molecule has 1 aromatic rings. The quantitative estimate of drug-likeness (QED) is 0.612. The van der Waals surface area contributed by atoms with Crippen LogP contribution in [0.3, 0.4) is 0 Å². The lowest BCUT2D eigenvalue weighted by Crippen LogP contribution is -1.97. The van der Waals surface area contributed by atoms with Crippen LogP contribution in [0.25, 0.3) is 0 Å². The molecular formula is C10H12Cl2OS. The summed E-state index contributed by atoms with van der Waals surface area (Å²) in [6.45, 7) is 0.693. The molecule has 0 saturated carbocycles. The van der Waals surface area contributed by atoms with Gasteiger partial charge in [-0.25, -0.2) is 0 Å². The number of thiol groups is 1. The number of hydrogen-bond donors (Lipinski definition) is 1. The summed E-state index contributed by atoms with van der Waals surface area (Å²) in [5, 5.41) is 1.08. The first-order valence-corrected chi connectivity index (χ1v) is 5.81. The Morgan fingerprint density at radius 2 is 1.93 bits per heavy atom. The van der Waals surface area contributed by atoms with Gasteiger partial charge in [-0.05, 0) is 30.7 Å². The van der Waals surface area contributed by atoms with E-state index in [-0.39, 0.29) is 0 Å².